The zero-order chi connectivity index (χ0) is 19.2. The minimum atomic E-state index is -1.03. The molecule has 3 rings (SSSR count). The van der Waals surface area contributed by atoms with Crippen LogP contribution in [-0.2, 0) is 9.59 Å². The maximum absolute atomic E-state index is 13.2. The maximum Gasteiger partial charge on any atom is 0.243 e. The van der Waals surface area contributed by atoms with Crippen LogP contribution in [0.4, 0.5) is 14.5 Å². The molecule has 27 heavy (non-hydrogen) atoms. The van der Waals surface area contributed by atoms with E-state index in [0.29, 0.717) is 18.5 Å². The molecule has 0 saturated heterocycles. The fourth-order valence-corrected chi connectivity index (χ4v) is 3.68. The van der Waals surface area contributed by atoms with Crippen molar-refractivity contribution in [3.05, 3.63) is 29.8 Å². The standard InChI is InChI=1S/C20H27F2N3O2/c21-17-9-6-15(10-18(17)22)24-19(26)11-23-20(27)13-25(16-7-8-16)12-14-4-2-1-3-5-14/h6,9-10,14,16H,1-5,7-8,11-13H2,(H,23,27)(H,24,26). The average molecular weight is 379 g/mol. The number of hydrogen-bond acceptors (Lipinski definition) is 3. The Morgan fingerprint density at radius 3 is 2.41 bits per heavy atom. The lowest BCUT2D eigenvalue weighted by molar-refractivity contribution is -0.125. The molecular formula is C20H27F2N3O2. The molecule has 0 aliphatic heterocycles. The van der Waals surface area contributed by atoms with Crippen LogP contribution >= 0.6 is 0 Å². The van der Waals surface area contributed by atoms with Crippen LogP contribution in [-0.4, -0.2) is 42.4 Å². The lowest BCUT2D eigenvalue weighted by atomic mass is 9.89. The molecule has 0 aromatic heterocycles. The molecule has 0 unspecified atom stereocenters. The second kappa shape index (κ2) is 9.26. The Morgan fingerprint density at radius 2 is 1.74 bits per heavy atom. The molecule has 0 atom stereocenters. The van der Waals surface area contributed by atoms with Crippen LogP contribution in [0.25, 0.3) is 0 Å². The third-order valence-corrected chi connectivity index (χ3v) is 5.28. The van der Waals surface area contributed by atoms with Gasteiger partial charge in [-0.3, -0.25) is 14.5 Å². The van der Waals surface area contributed by atoms with Gasteiger partial charge in [-0.05, 0) is 43.7 Å². The summed E-state index contributed by atoms with van der Waals surface area (Å²) in [5.41, 5.74) is 0.157. The number of amides is 2. The molecule has 0 spiro atoms. The highest BCUT2D eigenvalue weighted by Crippen LogP contribution is 2.31. The minimum Gasteiger partial charge on any atom is -0.346 e. The third-order valence-electron chi connectivity index (χ3n) is 5.28. The normalized spacial score (nSPS) is 17.7. The van der Waals surface area contributed by atoms with Crippen molar-refractivity contribution in [3.8, 4) is 0 Å². The van der Waals surface area contributed by atoms with Gasteiger partial charge >= 0.3 is 0 Å². The van der Waals surface area contributed by atoms with Gasteiger partial charge in [-0.25, -0.2) is 8.78 Å². The Bertz CT molecular complexity index is 673. The highest BCUT2D eigenvalue weighted by atomic mass is 19.2. The molecule has 2 N–H and O–H groups in total. The highest BCUT2D eigenvalue weighted by molar-refractivity contribution is 5.94. The molecule has 7 heteroatoms. The Labute approximate surface area is 158 Å². The number of rotatable bonds is 8. The number of carbonyl (C=O) groups is 2. The lowest BCUT2D eigenvalue weighted by Crippen LogP contribution is -2.43. The fraction of sp³-hybridized carbons (Fsp3) is 0.600. The van der Waals surface area contributed by atoms with Gasteiger partial charge in [-0.1, -0.05) is 19.3 Å². The SMILES string of the molecule is O=C(CN(CC1CCCCC1)C1CC1)NCC(=O)Nc1ccc(F)c(F)c1. The first-order valence-electron chi connectivity index (χ1n) is 9.77. The van der Waals surface area contributed by atoms with E-state index in [0.717, 1.165) is 31.5 Å². The predicted octanol–water partition coefficient (Wildman–Crippen LogP) is 3.06. The van der Waals surface area contributed by atoms with Crippen molar-refractivity contribution >= 4 is 17.5 Å². The summed E-state index contributed by atoms with van der Waals surface area (Å²) in [4.78, 5) is 26.4. The summed E-state index contributed by atoms with van der Waals surface area (Å²) >= 11 is 0. The van der Waals surface area contributed by atoms with E-state index in [-0.39, 0.29) is 18.1 Å². The Morgan fingerprint density at radius 1 is 1.00 bits per heavy atom. The number of carbonyl (C=O) groups excluding carboxylic acids is 2. The van der Waals surface area contributed by atoms with Crippen molar-refractivity contribution in [1.29, 1.82) is 0 Å². The number of nitrogens with zero attached hydrogens (tertiary/aromatic N) is 1. The largest absolute Gasteiger partial charge is 0.346 e. The third kappa shape index (κ3) is 6.27. The van der Waals surface area contributed by atoms with E-state index in [1.807, 2.05) is 0 Å². The summed E-state index contributed by atoms with van der Waals surface area (Å²) in [7, 11) is 0. The van der Waals surface area contributed by atoms with Gasteiger partial charge in [0.2, 0.25) is 11.8 Å². The second-order valence-electron chi connectivity index (χ2n) is 7.62. The van der Waals surface area contributed by atoms with Crippen molar-refractivity contribution < 1.29 is 18.4 Å². The van der Waals surface area contributed by atoms with Crippen LogP contribution in [0.1, 0.15) is 44.9 Å². The van der Waals surface area contributed by atoms with Crippen LogP contribution in [0, 0.1) is 17.6 Å². The Kier molecular flexibility index (Phi) is 6.77. The monoisotopic (exact) mass is 379 g/mol. The van der Waals surface area contributed by atoms with Crippen LogP contribution < -0.4 is 10.6 Å². The topological polar surface area (TPSA) is 61.4 Å². The summed E-state index contributed by atoms with van der Waals surface area (Å²) in [6.45, 7) is 1.07. The lowest BCUT2D eigenvalue weighted by Gasteiger charge is -2.29. The zero-order valence-corrected chi connectivity index (χ0v) is 15.5. The van der Waals surface area contributed by atoms with Crippen molar-refractivity contribution in [2.24, 2.45) is 5.92 Å². The van der Waals surface area contributed by atoms with Crippen LogP contribution in [0.3, 0.4) is 0 Å². The summed E-state index contributed by atoms with van der Waals surface area (Å²) in [6.07, 6.45) is 8.61. The summed E-state index contributed by atoms with van der Waals surface area (Å²) in [5.74, 6) is -1.99. The van der Waals surface area contributed by atoms with Crippen molar-refractivity contribution in [2.45, 2.75) is 51.0 Å². The van der Waals surface area contributed by atoms with Gasteiger partial charge in [0.1, 0.15) is 0 Å². The van der Waals surface area contributed by atoms with Crippen molar-refractivity contribution in [3.63, 3.8) is 0 Å². The highest BCUT2D eigenvalue weighted by Gasteiger charge is 2.32. The van der Waals surface area contributed by atoms with Gasteiger partial charge in [0, 0.05) is 24.3 Å². The van der Waals surface area contributed by atoms with E-state index in [2.05, 4.69) is 15.5 Å². The Balaban J connectivity index is 1.41. The van der Waals surface area contributed by atoms with Gasteiger partial charge in [-0.15, -0.1) is 0 Å². The molecule has 2 aliphatic carbocycles. The number of nitrogens with one attached hydrogen (secondary N) is 2. The zero-order valence-electron chi connectivity index (χ0n) is 15.5. The second-order valence-corrected chi connectivity index (χ2v) is 7.62. The quantitative estimate of drug-likeness (QED) is 0.730. The number of benzene rings is 1. The number of hydrogen-bond donors (Lipinski definition) is 2. The number of anilines is 1. The first-order chi connectivity index (χ1) is 13.0. The average Bonchev–Trinajstić information content (AvgIpc) is 3.49. The first-order valence-corrected chi connectivity index (χ1v) is 9.77. The van der Waals surface area contributed by atoms with Gasteiger partial charge in [0.15, 0.2) is 11.6 Å². The number of halogens is 2. The molecule has 2 amide bonds. The molecule has 0 bridgehead atoms. The van der Waals surface area contributed by atoms with Crippen molar-refractivity contribution in [1.82, 2.24) is 10.2 Å². The van der Waals surface area contributed by atoms with E-state index >= 15 is 0 Å². The molecule has 2 fully saturated rings. The molecule has 0 radical (unpaired) electrons. The minimum absolute atomic E-state index is 0.157. The molecule has 5 nitrogen and oxygen atoms in total. The summed E-state index contributed by atoms with van der Waals surface area (Å²) in [6, 6.07) is 3.63. The molecule has 0 heterocycles. The van der Waals surface area contributed by atoms with E-state index in [1.165, 1.54) is 38.2 Å². The fourth-order valence-electron chi connectivity index (χ4n) is 3.68. The smallest absolute Gasteiger partial charge is 0.243 e. The molecule has 1 aromatic rings. The molecule has 2 saturated carbocycles. The first kappa shape index (κ1) is 19.7. The Hall–Kier alpha value is -2.02. The molecule has 148 valence electrons. The van der Waals surface area contributed by atoms with Crippen molar-refractivity contribution in [2.75, 3.05) is 25.0 Å². The van der Waals surface area contributed by atoms with Gasteiger partial charge < -0.3 is 10.6 Å². The summed E-state index contributed by atoms with van der Waals surface area (Å²) < 4.78 is 26.1. The molecule has 1 aromatic carbocycles. The molecule has 2 aliphatic rings. The predicted molar refractivity (Wildman–Crippen MR) is 99.2 cm³/mol. The van der Waals surface area contributed by atoms with Gasteiger partial charge in [-0.2, -0.15) is 0 Å². The van der Waals surface area contributed by atoms with Gasteiger partial charge in [0.05, 0.1) is 13.1 Å². The van der Waals surface area contributed by atoms with Gasteiger partial charge in [0.25, 0.3) is 0 Å². The van der Waals surface area contributed by atoms with Crippen LogP contribution in [0.2, 0.25) is 0 Å². The van der Waals surface area contributed by atoms with Crippen LogP contribution in [0.5, 0.6) is 0 Å². The van der Waals surface area contributed by atoms with Crippen LogP contribution in [0.15, 0.2) is 18.2 Å². The van der Waals surface area contributed by atoms with E-state index in [1.54, 1.807) is 0 Å². The summed E-state index contributed by atoms with van der Waals surface area (Å²) in [5, 5.41) is 5.06. The van der Waals surface area contributed by atoms with E-state index < -0.39 is 17.5 Å². The van der Waals surface area contributed by atoms with E-state index in [4.69, 9.17) is 0 Å². The molecular weight excluding hydrogens is 352 g/mol. The maximum atomic E-state index is 13.2. The van der Waals surface area contributed by atoms with E-state index in [9.17, 15) is 18.4 Å².